The van der Waals surface area contributed by atoms with Crippen LogP contribution in [0.25, 0.3) is 32.4 Å². The molecule has 132 valence electrons. The van der Waals surface area contributed by atoms with Gasteiger partial charge in [0.2, 0.25) is 0 Å². The normalized spacial score (nSPS) is 17.1. The minimum Gasteiger partial charge on any atom is -0.387 e. The summed E-state index contributed by atoms with van der Waals surface area (Å²) in [5, 5.41) is 16.6. The Balaban J connectivity index is 1.49. The van der Waals surface area contributed by atoms with Crippen LogP contribution in [0.15, 0.2) is 47.1 Å². The van der Waals surface area contributed by atoms with Crippen molar-refractivity contribution >= 4 is 32.5 Å². The number of benzene rings is 1. The number of nitrogens with zero attached hydrogens (tertiary/aromatic N) is 2. The fraction of sp³-hybridized carbons (Fsp3) is 0.300. The second-order valence-corrected chi connectivity index (χ2v) is 7.77. The molecule has 3 aromatic heterocycles. The molecule has 0 unspecified atom stereocenters. The van der Waals surface area contributed by atoms with Crippen LogP contribution in [0.3, 0.4) is 0 Å². The number of fused-ring (bicyclic) bond motifs is 2. The van der Waals surface area contributed by atoms with Gasteiger partial charge >= 0.3 is 0 Å². The van der Waals surface area contributed by atoms with Gasteiger partial charge in [-0.15, -0.1) is 11.3 Å². The van der Waals surface area contributed by atoms with Gasteiger partial charge in [-0.25, -0.2) is 4.98 Å². The van der Waals surface area contributed by atoms with Gasteiger partial charge in [0.15, 0.2) is 5.58 Å². The van der Waals surface area contributed by atoms with Crippen molar-refractivity contribution in [3.05, 3.63) is 47.5 Å². The van der Waals surface area contributed by atoms with Crippen molar-refractivity contribution < 1.29 is 14.4 Å². The van der Waals surface area contributed by atoms with Gasteiger partial charge in [-0.2, -0.15) is 0 Å². The number of pyridine rings is 1. The summed E-state index contributed by atoms with van der Waals surface area (Å²) < 4.78 is 10.6. The molecule has 0 aliphatic carbocycles. The molecule has 4 aromatic rings. The van der Waals surface area contributed by atoms with Crippen LogP contribution in [0.4, 0.5) is 0 Å². The Labute approximate surface area is 154 Å². The minimum atomic E-state index is -0.435. The summed E-state index contributed by atoms with van der Waals surface area (Å²) in [6.07, 6.45) is 3.10. The van der Waals surface area contributed by atoms with Crippen LogP contribution in [0.1, 0.15) is 23.8 Å². The summed E-state index contributed by atoms with van der Waals surface area (Å²) in [7, 11) is 0. The molecule has 1 aliphatic rings. The largest absolute Gasteiger partial charge is 0.387 e. The average molecular weight is 366 g/mol. The van der Waals surface area contributed by atoms with Crippen LogP contribution in [0.2, 0.25) is 0 Å². The van der Waals surface area contributed by atoms with Gasteiger partial charge in [0.05, 0.1) is 18.0 Å². The molecular formula is C20H18N2O3S. The predicted molar refractivity (Wildman–Crippen MR) is 101 cm³/mol. The zero-order valence-electron chi connectivity index (χ0n) is 14.1. The Kier molecular flexibility index (Phi) is 3.96. The summed E-state index contributed by atoms with van der Waals surface area (Å²) >= 11 is 1.58. The lowest BCUT2D eigenvalue weighted by atomic mass is 9.93. The summed E-state index contributed by atoms with van der Waals surface area (Å²) in [4.78, 5) is 6.76. The van der Waals surface area contributed by atoms with Crippen molar-refractivity contribution in [2.24, 2.45) is 5.92 Å². The molecule has 26 heavy (non-hydrogen) atoms. The zero-order chi connectivity index (χ0) is 17.5. The molecule has 0 amide bonds. The Bertz CT molecular complexity index is 1070. The SMILES string of the molecule is O[C@@H](c1cc2ccc(-c3ccc4oncc4c3)nc2s1)C1CCOCC1. The molecule has 4 heterocycles. The third kappa shape index (κ3) is 2.80. The average Bonchev–Trinajstić information content (AvgIpc) is 3.33. The highest BCUT2D eigenvalue weighted by molar-refractivity contribution is 7.18. The summed E-state index contributed by atoms with van der Waals surface area (Å²) in [6, 6.07) is 12.1. The van der Waals surface area contributed by atoms with E-state index in [2.05, 4.69) is 17.3 Å². The molecule has 5 rings (SSSR count). The van der Waals surface area contributed by atoms with E-state index < -0.39 is 6.10 Å². The van der Waals surface area contributed by atoms with Crippen molar-refractivity contribution in [1.82, 2.24) is 10.1 Å². The number of aromatic nitrogens is 2. The Hall–Kier alpha value is -2.28. The van der Waals surface area contributed by atoms with Gasteiger partial charge in [-0.1, -0.05) is 5.16 Å². The lowest BCUT2D eigenvalue weighted by Gasteiger charge is -2.25. The lowest BCUT2D eigenvalue weighted by Crippen LogP contribution is -2.21. The van der Waals surface area contributed by atoms with E-state index in [-0.39, 0.29) is 5.92 Å². The van der Waals surface area contributed by atoms with E-state index in [1.807, 2.05) is 24.3 Å². The van der Waals surface area contributed by atoms with Crippen LogP contribution in [-0.4, -0.2) is 28.5 Å². The van der Waals surface area contributed by atoms with Crippen molar-refractivity contribution in [1.29, 1.82) is 0 Å². The zero-order valence-corrected chi connectivity index (χ0v) is 14.9. The Morgan fingerprint density at radius 3 is 2.85 bits per heavy atom. The maximum absolute atomic E-state index is 10.7. The lowest BCUT2D eigenvalue weighted by molar-refractivity contribution is 0.00856. The van der Waals surface area contributed by atoms with Crippen LogP contribution in [-0.2, 0) is 4.74 Å². The number of thiophene rings is 1. The highest BCUT2D eigenvalue weighted by atomic mass is 32.1. The van der Waals surface area contributed by atoms with Gasteiger partial charge in [0.1, 0.15) is 4.83 Å². The van der Waals surface area contributed by atoms with Gasteiger partial charge in [-0.3, -0.25) is 0 Å². The third-order valence-corrected chi connectivity index (χ3v) is 6.17. The molecule has 1 saturated heterocycles. The highest BCUT2D eigenvalue weighted by Gasteiger charge is 2.25. The number of hydrogen-bond acceptors (Lipinski definition) is 6. The number of ether oxygens (including phenoxy) is 1. The van der Waals surface area contributed by atoms with Gasteiger partial charge in [-0.05, 0) is 55.2 Å². The molecule has 1 aliphatic heterocycles. The van der Waals surface area contributed by atoms with E-state index in [0.717, 1.165) is 63.4 Å². The quantitative estimate of drug-likeness (QED) is 0.575. The third-order valence-electron chi connectivity index (χ3n) is 5.05. The Morgan fingerprint density at radius 2 is 1.96 bits per heavy atom. The highest BCUT2D eigenvalue weighted by Crippen LogP contribution is 2.37. The predicted octanol–water partition coefficient (Wildman–Crippen LogP) is 4.56. The summed E-state index contributed by atoms with van der Waals surface area (Å²) in [6.45, 7) is 1.47. The molecule has 6 heteroatoms. The molecule has 5 nitrogen and oxygen atoms in total. The van der Waals surface area contributed by atoms with E-state index in [4.69, 9.17) is 14.2 Å². The molecule has 1 fully saturated rings. The number of rotatable bonds is 3. The van der Waals surface area contributed by atoms with Crippen LogP contribution in [0, 0.1) is 5.92 Å². The van der Waals surface area contributed by atoms with Crippen molar-refractivity contribution in [2.75, 3.05) is 13.2 Å². The first kappa shape index (κ1) is 15.9. The smallest absolute Gasteiger partial charge is 0.166 e. The van der Waals surface area contributed by atoms with Crippen LogP contribution < -0.4 is 0 Å². The first-order chi connectivity index (χ1) is 12.8. The molecule has 0 radical (unpaired) electrons. The molecule has 1 N–H and O–H groups in total. The van der Waals surface area contributed by atoms with E-state index >= 15 is 0 Å². The monoisotopic (exact) mass is 366 g/mol. The second kappa shape index (κ2) is 6.46. The molecule has 1 atom stereocenters. The number of aliphatic hydroxyl groups excluding tert-OH is 1. The summed E-state index contributed by atoms with van der Waals surface area (Å²) in [5.41, 5.74) is 2.71. The fourth-order valence-electron chi connectivity index (χ4n) is 3.54. The van der Waals surface area contributed by atoms with Crippen molar-refractivity contribution in [2.45, 2.75) is 18.9 Å². The summed E-state index contributed by atoms with van der Waals surface area (Å²) in [5.74, 6) is 0.271. The van der Waals surface area contributed by atoms with E-state index in [9.17, 15) is 5.11 Å². The van der Waals surface area contributed by atoms with Gasteiger partial charge < -0.3 is 14.4 Å². The maximum Gasteiger partial charge on any atom is 0.166 e. The minimum absolute atomic E-state index is 0.271. The van der Waals surface area contributed by atoms with Gasteiger partial charge in [0, 0.05) is 34.4 Å². The number of hydrogen-bond donors (Lipinski definition) is 1. The van der Waals surface area contributed by atoms with E-state index in [0.29, 0.717) is 0 Å². The Morgan fingerprint density at radius 1 is 1.08 bits per heavy atom. The maximum atomic E-state index is 10.7. The standard InChI is InChI=1S/C20H18N2O3S/c23-19(12-5-7-24-8-6-12)18-10-14-1-3-16(22-20(14)26-18)13-2-4-17-15(9-13)11-21-25-17/h1-4,9-12,19,23H,5-8H2/t19-/m1/s1. The van der Waals surface area contributed by atoms with E-state index in [1.54, 1.807) is 17.5 Å². The molecule has 1 aromatic carbocycles. The van der Waals surface area contributed by atoms with Crippen LogP contribution in [0.5, 0.6) is 0 Å². The first-order valence-corrected chi connectivity index (χ1v) is 9.61. The van der Waals surface area contributed by atoms with Crippen molar-refractivity contribution in [3.8, 4) is 11.3 Å². The number of aliphatic hydroxyl groups is 1. The molecular weight excluding hydrogens is 348 g/mol. The molecule has 0 bridgehead atoms. The molecule has 0 spiro atoms. The van der Waals surface area contributed by atoms with Crippen LogP contribution >= 0.6 is 11.3 Å². The topological polar surface area (TPSA) is 68.4 Å². The van der Waals surface area contributed by atoms with Crippen molar-refractivity contribution in [3.63, 3.8) is 0 Å². The van der Waals surface area contributed by atoms with Gasteiger partial charge in [0.25, 0.3) is 0 Å². The first-order valence-electron chi connectivity index (χ1n) is 8.79. The van der Waals surface area contributed by atoms with E-state index in [1.165, 1.54) is 0 Å². The molecule has 0 saturated carbocycles. The second-order valence-electron chi connectivity index (χ2n) is 6.71. The fourth-order valence-corrected chi connectivity index (χ4v) is 4.65.